The van der Waals surface area contributed by atoms with Gasteiger partial charge in [-0.05, 0) is 50.1 Å². The van der Waals surface area contributed by atoms with Gasteiger partial charge in [-0.1, -0.05) is 30.3 Å². The Labute approximate surface area is 196 Å². The van der Waals surface area contributed by atoms with Crippen LogP contribution in [0.4, 0.5) is 0 Å². The van der Waals surface area contributed by atoms with Gasteiger partial charge >= 0.3 is 5.69 Å². The number of aromatic amines is 2. The Morgan fingerprint density at radius 1 is 1.12 bits per heavy atom. The van der Waals surface area contributed by atoms with Crippen molar-refractivity contribution < 1.29 is 14.6 Å². The number of carbonyl (C=O) groups excluding carboxylic acids is 1. The molecule has 34 heavy (non-hydrogen) atoms. The molecule has 8 nitrogen and oxygen atoms in total. The second kappa shape index (κ2) is 8.37. The van der Waals surface area contributed by atoms with Crippen molar-refractivity contribution in [2.75, 3.05) is 6.54 Å². The van der Waals surface area contributed by atoms with Crippen LogP contribution in [-0.4, -0.2) is 37.4 Å². The molecule has 0 aliphatic carbocycles. The Morgan fingerprint density at radius 2 is 1.88 bits per heavy atom. The Bertz CT molecular complexity index is 1420. The maximum Gasteiger partial charge on any atom is 0.326 e. The summed E-state index contributed by atoms with van der Waals surface area (Å²) >= 11 is 0. The highest BCUT2D eigenvalue weighted by molar-refractivity contribution is 5.90. The van der Waals surface area contributed by atoms with Gasteiger partial charge in [-0.25, -0.2) is 4.79 Å². The smallest absolute Gasteiger partial charge is 0.326 e. The number of likely N-dealkylation sites (tertiary alicyclic amines) is 1. The first-order valence-corrected chi connectivity index (χ1v) is 11.2. The number of rotatable bonds is 6. The fourth-order valence-electron chi connectivity index (χ4n) is 4.64. The number of fused-ring (bicyclic) bond motifs is 1. The van der Waals surface area contributed by atoms with Crippen LogP contribution in [0.2, 0.25) is 0 Å². The summed E-state index contributed by atoms with van der Waals surface area (Å²) in [7, 11) is 0. The van der Waals surface area contributed by atoms with E-state index in [-0.39, 0.29) is 18.3 Å². The number of pyridine rings is 1. The number of H-pyrrole nitrogens is 2. The first kappa shape index (κ1) is 21.8. The summed E-state index contributed by atoms with van der Waals surface area (Å²) in [5.74, 6) is 0.453. The van der Waals surface area contributed by atoms with E-state index in [9.17, 15) is 14.7 Å². The largest absolute Gasteiger partial charge is 0.493 e. The zero-order valence-corrected chi connectivity index (χ0v) is 19.1. The molecule has 5 rings (SSSR count). The molecule has 0 bridgehead atoms. The Kier molecular flexibility index (Phi) is 5.36. The predicted octanol–water partition coefficient (Wildman–Crippen LogP) is 3.53. The van der Waals surface area contributed by atoms with Gasteiger partial charge in [0, 0.05) is 23.2 Å². The highest BCUT2D eigenvalue weighted by atomic mass is 16.5. The molecule has 1 aliphatic heterocycles. The lowest BCUT2D eigenvalue weighted by molar-refractivity contribution is -0.132. The number of nitrogens with one attached hydrogen (secondary N) is 2. The molecule has 1 aliphatic rings. The van der Waals surface area contributed by atoms with Crippen molar-refractivity contribution in [1.82, 2.24) is 19.9 Å². The molecule has 2 aromatic carbocycles. The number of para-hydroxylation sites is 1. The molecule has 1 fully saturated rings. The van der Waals surface area contributed by atoms with E-state index in [1.54, 1.807) is 4.90 Å². The lowest BCUT2D eigenvalue weighted by Gasteiger charge is -2.24. The van der Waals surface area contributed by atoms with Crippen molar-refractivity contribution in [3.8, 4) is 11.6 Å². The summed E-state index contributed by atoms with van der Waals surface area (Å²) in [6, 6.07) is 17.7. The summed E-state index contributed by atoms with van der Waals surface area (Å²) in [5.41, 5.74) is 3.02. The van der Waals surface area contributed by atoms with Crippen molar-refractivity contribution >= 4 is 16.8 Å². The van der Waals surface area contributed by atoms with Gasteiger partial charge < -0.3 is 19.7 Å². The molecule has 1 atom stereocenters. The van der Waals surface area contributed by atoms with Gasteiger partial charge in [-0.3, -0.25) is 14.8 Å². The molecule has 1 amide bonds. The van der Waals surface area contributed by atoms with Crippen LogP contribution in [0, 0.1) is 6.92 Å². The average Bonchev–Trinajstić information content (AvgIpc) is 3.30. The highest BCUT2D eigenvalue weighted by Gasteiger charge is 2.44. The third-order valence-electron chi connectivity index (χ3n) is 6.59. The third kappa shape index (κ3) is 3.91. The number of amides is 1. The lowest BCUT2D eigenvalue weighted by Crippen LogP contribution is -2.35. The summed E-state index contributed by atoms with van der Waals surface area (Å²) in [6.07, 6.45) is 0.643. The number of benzene rings is 2. The van der Waals surface area contributed by atoms with Crippen molar-refractivity contribution in [2.45, 2.75) is 38.8 Å². The van der Waals surface area contributed by atoms with Crippen LogP contribution in [0.1, 0.15) is 35.9 Å². The number of nitrogens with zero attached hydrogens (tertiary/aromatic N) is 2. The van der Waals surface area contributed by atoms with E-state index in [2.05, 4.69) is 15.0 Å². The van der Waals surface area contributed by atoms with E-state index in [1.807, 2.05) is 68.4 Å². The van der Waals surface area contributed by atoms with E-state index in [1.165, 1.54) is 0 Å². The fraction of sp³-hybridized carbons (Fsp3) is 0.269. The summed E-state index contributed by atoms with van der Waals surface area (Å²) in [4.78, 5) is 35.6. The maximum atomic E-state index is 13.2. The molecule has 8 heteroatoms. The minimum Gasteiger partial charge on any atom is -0.493 e. The molecule has 0 saturated carbocycles. The minimum atomic E-state index is -0.677. The van der Waals surface area contributed by atoms with Crippen molar-refractivity contribution in [1.29, 1.82) is 0 Å². The molecule has 0 radical (unpaired) electrons. The van der Waals surface area contributed by atoms with E-state index in [0.29, 0.717) is 25.3 Å². The highest BCUT2D eigenvalue weighted by Crippen LogP contribution is 2.37. The number of aromatic nitrogens is 3. The Morgan fingerprint density at radius 3 is 2.62 bits per heavy atom. The topological polar surface area (TPSA) is 111 Å². The molecular weight excluding hydrogens is 432 g/mol. The molecule has 4 aromatic rings. The maximum absolute atomic E-state index is 13.2. The van der Waals surface area contributed by atoms with Gasteiger partial charge in [-0.15, -0.1) is 0 Å². The van der Waals surface area contributed by atoms with Gasteiger partial charge in [0.1, 0.15) is 12.4 Å². The van der Waals surface area contributed by atoms with Crippen LogP contribution in [0.15, 0.2) is 59.4 Å². The lowest BCUT2D eigenvalue weighted by atomic mass is 9.81. The Balaban J connectivity index is 1.29. The molecule has 3 N–H and O–H groups in total. The van der Waals surface area contributed by atoms with E-state index in [4.69, 9.17) is 4.74 Å². The van der Waals surface area contributed by atoms with Crippen molar-refractivity contribution in [3.05, 3.63) is 87.6 Å². The second-order valence-electron chi connectivity index (χ2n) is 8.97. The van der Waals surface area contributed by atoms with Crippen LogP contribution < -0.4 is 10.4 Å². The predicted molar refractivity (Wildman–Crippen MR) is 128 cm³/mol. The van der Waals surface area contributed by atoms with Crippen molar-refractivity contribution in [3.63, 3.8) is 0 Å². The normalized spacial score (nSPS) is 18.1. The summed E-state index contributed by atoms with van der Waals surface area (Å²) < 4.78 is 6.06. The van der Waals surface area contributed by atoms with Crippen LogP contribution in [0.25, 0.3) is 10.9 Å². The average molecular weight is 459 g/mol. The third-order valence-corrected chi connectivity index (χ3v) is 6.59. The first-order chi connectivity index (χ1) is 16.3. The molecular formula is C26H26N4O4. The number of imidazole rings is 1. The Hall–Kier alpha value is -4.07. The number of ether oxygens (including phenoxy) is 1. The van der Waals surface area contributed by atoms with Gasteiger partial charge in [0.05, 0.1) is 23.2 Å². The van der Waals surface area contributed by atoms with E-state index >= 15 is 0 Å². The molecule has 1 saturated heterocycles. The number of aryl methyl sites for hydroxylation is 1. The van der Waals surface area contributed by atoms with Gasteiger partial charge in [0.2, 0.25) is 11.8 Å². The summed E-state index contributed by atoms with van der Waals surface area (Å²) in [5, 5.41) is 10.9. The first-order valence-electron chi connectivity index (χ1n) is 11.2. The van der Waals surface area contributed by atoms with Crippen LogP contribution in [0.3, 0.4) is 0 Å². The van der Waals surface area contributed by atoms with Crippen LogP contribution in [-0.2, 0) is 23.4 Å². The number of hydrogen-bond acceptors (Lipinski definition) is 5. The number of hydrogen-bond donors (Lipinski definition) is 3. The van der Waals surface area contributed by atoms with Crippen LogP contribution in [0.5, 0.6) is 11.6 Å². The quantitative estimate of drug-likeness (QED) is 0.409. The zero-order valence-electron chi connectivity index (χ0n) is 19.1. The molecule has 0 unspecified atom stereocenters. The van der Waals surface area contributed by atoms with Crippen molar-refractivity contribution in [2.24, 2.45) is 0 Å². The molecule has 174 valence electrons. The van der Waals surface area contributed by atoms with Crippen LogP contribution >= 0.6 is 0 Å². The standard InChI is InChI=1S/C26H26N4O4/c1-16-13-17(20-5-3-4-6-21(20)27-16)15-34-19-9-7-18(8-10-19)26(2)11-12-30(24(26)32)14-22-23(31)29-25(33)28-22/h3-10,13,31H,11-12,14-15H2,1-2H3,(H2,28,29,33)/t26-/m0/s1. The van der Waals surface area contributed by atoms with E-state index in [0.717, 1.165) is 33.5 Å². The van der Waals surface area contributed by atoms with Gasteiger partial charge in [-0.2, -0.15) is 0 Å². The number of carbonyl (C=O) groups is 1. The zero-order chi connectivity index (χ0) is 23.9. The fourth-order valence-corrected chi connectivity index (χ4v) is 4.64. The van der Waals surface area contributed by atoms with Gasteiger partial charge in [0.25, 0.3) is 0 Å². The number of aromatic hydroxyl groups is 1. The molecule has 3 heterocycles. The van der Waals surface area contributed by atoms with Gasteiger partial charge in [0.15, 0.2) is 0 Å². The molecule has 2 aromatic heterocycles. The monoisotopic (exact) mass is 458 g/mol. The second-order valence-corrected chi connectivity index (χ2v) is 8.97. The summed E-state index contributed by atoms with van der Waals surface area (Å²) in [6.45, 7) is 5.01. The minimum absolute atomic E-state index is 0.0404. The SMILES string of the molecule is Cc1cc(COc2ccc([C@]3(C)CCN(Cc4[nH]c(=O)[nH]c4O)C3=O)cc2)c2ccccc2n1. The molecule has 0 spiro atoms. The van der Waals surface area contributed by atoms with E-state index < -0.39 is 11.1 Å².